The number of aryl methyl sites for hydroxylation is 2. The molecule has 4 nitrogen and oxygen atoms in total. The van der Waals surface area contributed by atoms with E-state index in [4.69, 9.17) is 0 Å². The highest BCUT2D eigenvalue weighted by molar-refractivity contribution is 9.10. The molecule has 3 aromatic rings. The molecule has 0 atom stereocenters. The Kier molecular flexibility index (Phi) is 4.66. The highest BCUT2D eigenvalue weighted by atomic mass is 79.9. The molecule has 3 rings (SSSR count). The second-order valence-electron chi connectivity index (χ2n) is 5.65. The number of benzene rings is 1. The van der Waals surface area contributed by atoms with Crippen LogP contribution in [0.15, 0.2) is 41.0 Å². The fourth-order valence-electron chi connectivity index (χ4n) is 2.67. The molecule has 0 spiro atoms. The normalized spacial score (nSPS) is 11.0. The van der Waals surface area contributed by atoms with Gasteiger partial charge >= 0.3 is 0 Å². The molecule has 6 heteroatoms. The lowest BCUT2D eigenvalue weighted by Gasteiger charge is -2.08. The zero-order valence-electron chi connectivity index (χ0n) is 13.4. The summed E-state index contributed by atoms with van der Waals surface area (Å²) in [5.41, 5.74) is 2.99. The third-order valence-electron chi connectivity index (χ3n) is 3.71. The summed E-state index contributed by atoms with van der Waals surface area (Å²) < 4.78 is 16.4. The summed E-state index contributed by atoms with van der Waals surface area (Å²) in [6, 6.07) is 8.08. The minimum Gasteiger partial charge on any atom is -0.318 e. The number of fused-ring (bicyclic) bond motifs is 1. The maximum absolute atomic E-state index is 13.8. The first-order chi connectivity index (χ1) is 11.5. The molecule has 0 bridgehead atoms. The summed E-state index contributed by atoms with van der Waals surface area (Å²) in [6.45, 7) is 3.98. The van der Waals surface area contributed by atoms with Crippen LogP contribution in [0.3, 0.4) is 0 Å². The number of amides is 1. The average molecular weight is 390 g/mol. The van der Waals surface area contributed by atoms with Crippen LogP contribution >= 0.6 is 15.9 Å². The van der Waals surface area contributed by atoms with Crippen LogP contribution < -0.4 is 5.32 Å². The van der Waals surface area contributed by atoms with E-state index in [9.17, 15) is 9.18 Å². The zero-order valence-corrected chi connectivity index (χ0v) is 15.0. The Hall–Kier alpha value is -2.21. The van der Waals surface area contributed by atoms with Gasteiger partial charge < -0.3 is 5.32 Å². The number of carbonyl (C=O) groups excluding carboxylic acids is 1. The molecule has 24 heavy (non-hydrogen) atoms. The van der Waals surface area contributed by atoms with Crippen molar-refractivity contribution >= 4 is 33.2 Å². The molecular formula is C18H17BrFN3O. The van der Waals surface area contributed by atoms with E-state index >= 15 is 0 Å². The van der Waals surface area contributed by atoms with Crippen LogP contribution in [0.2, 0.25) is 0 Å². The lowest BCUT2D eigenvalue weighted by atomic mass is 10.2. The third kappa shape index (κ3) is 3.06. The Balaban J connectivity index is 2.11. The molecule has 1 N–H and O–H groups in total. The molecule has 0 unspecified atom stereocenters. The first-order valence-electron chi connectivity index (χ1n) is 7.74. The molecule has 0 aliphatic rings. The fraction of sp³-hybridized carbons (Fsp3) is 0.222. The Morgan fingerprint density at radius 2 is 2.12 bits per heavy atom. The highest BCUT2D eigenvalue weighted by Gasteiger charge is 2.21. The van der Waals surface area contributed by atoms with Gasteiger partial charge in [-0.15, -0.1) is 0 Å². The topological polar surface area (TPSA) is 46.4 Å². The maximum Gasteiger partial charge on any atom is 0.274 e. The SMILES string of the molecule is CCCc1nc2c(Br)cc(C)cn2c1C(=O)Nc1ccccc1F. The number of imidazole rings is 1. The van der Waals surface area contributed by atoms with Gasteiger partial charge in [-0.05, 0) is 53.0 Å². The number of anilines is 1. The van der Waals surface area contributed by atoms with Crippen molar-refractivity contribution < 1.29 is 9.18 Å². The van der Waals surface area contributed by atoms with Gasteiger partial charge in [0.15, 0.2) is 5.65 Å². The van der Waals surface area contributed by atoms with Crippen molar-refractivity contribution in [3.63, 3.8) is 0 Å². The highest BCUT2D eigenvalue weighted by Crippen LogP contribution is 2.24. The molecule has 0 saturated heterocycles. The molecule has 0 fully saturated rings. The fourth-order valence-corrected chi connectivity index (χ4v) is 3.32. The van der Waals surface area contributed by atoms with Gasteiger partial charge in [0.2, 0.25) is 0 Å². The van der Waals surface area contributed by atoms with Gasteiger partial charge in [-0.3, -0.25) is 9.20 Å². The van der Waals surface area contributed by atoms with Gasteiger partial charge in [-0.25, -0.2) is 9.37 Å². The van der Waals surface area contributed by atoms with Crippen LogP contribution in [0.5, 0.6) is 0 Å². The van der Waals surface area contributed by atoms with Gasteiger partial charge in [0.25, 0.3) is 5.91 Å². The molecule has 2 aromatic heterocycles. The molecule has 1 aromatic carbocycles. The van der Waals surface area contributed by atoms with Crippen LogP contribution in [0, 0.1) is 12.7 Å². The van der Waals surface area contributed by atoms with Gasteiger partial charge in [0, 0.05) is 6.20 Å². The van der Waals surface area contributed by atoms with Gasteiger partial charge in [-0.2, -0.15) is 0 Å². The maximum atomic E-state index is 13.8. The van der Waals surface area contributed by atoms with Crippen LogP contribution in [-0.2, 0) is 6.42 Å². The van der Waals surface area contributed by atoms with Gasteiger partial charge in [0.05, 0.1) is 15.9 Å². The number of nitrogens with one attached hydrogen (secondary N) is 1. The number of para-hydroxylation sites is 1. The van der Waals surface area contributed by atoms with Gasteiger partial charge in [-0.1, -0.05) is 25.5 Å². The monoisotopic (exact) mass is 389 g/mol. The Morgan fingerprint density at radius 1 is 1.38 bits per heavy atom. The van der Waals surface area contributed by atoms with Crippen molar-refractivity contribution in [3.8, 4) is 0 Å². The smallest absolute Gasteiger partial charge is 0.274 e. The quantitative estimate of drug-likeness (QED) is 0.699. The number of hydrogen-bond donors (Lipinski definition) is 1. The molecular weight excluding hydrogens is 373 g/mol. The van der Waals surface area contributed by atoms with E-state index in [1.165, 1.54) is 12.1 Å². The van der Waals surface area contributed by atoms with Crippen molar-refractivity contribution in [2.24, 2.45) is 0 Å². The van der Waals surface area contributed by atoms with Crippen molar-refractivity contribution in [2.45, 2.75) is 26.7 Å². The minimum atomic E-state index is -0.464. The largest absolute Gasteiger partial charge is 0.318 e. The summed E-state index contributed by atoms with van der Waals surface area (Å²) in [5, 5.41) is 2.65. The van der Waals surface area contributed by atoms with Crippen molar-refractivity contribution in [2.75, 3.05) is 5.32 Å². The average Bonchev–Trinajstić information content (AvgIpc) is 2.88. The number of halogens is 2. The third-order valence-corrected chi connectivity index (χ3v) is 4.29. The molecule has 2 heterocycles. The number of hydrogen-bond acceptors (Lipinski definition) is 2. The molecule has 0 aliphatic carbocycles. The summed E-state index contributed by atoms with van der Waals surface area (Å²) in [5.74, 6) is -0.831. The summed E-state index contributed by atoms with van der Waals surface area (Å²) in [7, 11) is 0. The number of aromatic nitrogens is 2. The van der Waals surface area contributed by atoms with E-state index in [2.05, 4.69) is 26.2 Å². The van der Waals surface area contributed by atoms with Gasteiger partial charge in [0.1, 0.15) is 11.5 Å². The van der Waals surface area contributed by atoms with Crippen molar-refractivity contribution in [1.82, 2.24) is 9.38 Å². The zero-order chi connectivity index (χ0) is 17.3. The van der Waals surface area contributed by atoms with Crippen LogP contribution in [-0.4, -0.2) is 15.3 Å². The predicted octanol–water partition coefficient (Wildman–Crippen LogP) is 4.75. The molecule has 0 radical (unpaired) electrons. The van der Waals surface area contributed by atoms with Crippen molar-refractivity contribution in [3.05, 3.63) is 63.8 Å². The molecule has 124 valence electrons. The number of carbonyl (C=O) groups is 1. The minimum absolute atomic E-state index is 0.159. The second kappa shape index (κ2) is 6.73. The summed E-state index contributed by atoms with van der Waals surface area (Å²) in [6.07, 6.45) is 3.40. The van der Waals surface area contributed by atoms with E-state index in [1.807, 2.05) is 26.1 Å². The van der Waals surface area contributed by atoms with E-state index in [-0.39, 0.29) is 11.6 Å². The molecule has 0 saturated carbocycles. The first-order valence-corrected chi connectivity index (χ1v) is 8.53. The van der Waals surface area contributed by atoms with Crippen LogP contribution in [0.4, 0.5) is 10.1 Å². The number of rotatable bonds is 4. The standard InChI is InChI=1S/C18H17BrFN3O/c1-3-6-15-16(18(24)22-14-8-5-4-7-13(14)20)23-10-11(2)9-12(19)17(23)21-15/h4-5,7-10H,3,6H2,1-2H3,(H,22,24). The summed E-state index contributed by atoms with van der Waals surface area (Å²) >= 11 is 3.50. The van der Waals surface area contributed by atoms with E-state index in [0.717, 1.165) is 16.5 Å². The Bertz CT molecular complexity index is 920. The molecule has 0 aliphatic heterocycles. The molecule has 1 amide bonds. The van der Waals surface area contributed by atoms with Crippen LogP contribution in [0.25, 0.3) is 5.65 Å². The lowest BCUT2D eigenvalue weighted by Crippen LogP contribution is -2.17. The number of nitrogens with zero attached hydrogens (tertiary/aromatic N) is 2. The van der Waals surface area contributed by atoms with Crippen molar-refractivity contribution in [1.29, 1.82) is 0 Å². The number of pyridine rings is 1. The Morgan fingerprint density at radius 3 is 2.83 bits per heavy atom. The predicted molar refractivity (Wildman–Crippen MR) is 96.0 cm³/mol. The van der Waals surface area contributed by atoms with E-state index in [0.29, 0.717) is 23.5 Å². The van der Waals surface area contributed by atoms with Crippen LogP contribution in [0.1, 0.15) is 35.1 Å². The Labute approximate surface area is 147 Å². The second-order valence-corrected chi connectivity index (χ2v) is 6.50. The first kappa shape index (κ1) is 16.6. The van der Waals surface area contributed by atoms with E-state index < -0.39 is 5.82 Å². The summed E-state index contributed by atoms with van der Waals surface area (Å²) in [4.78, 5) is 17.4. The lowest BCUT2D eigenvalue weighted by molar-refractivity contribution is 0.102. The van der Waals surface area contributed by atoms with E-state index in [1.54, 1.807) is 16.5 Å².